The molecule has 24 heavy (non-hydrogen) atoms. The molecule has 2 fully saturated rings. The third kappa shape index (κ3) is 3.34. The number of hydrogen-bond acceptors (Lipinski definition) is 5. The highest BCUT2D eigenvalue weighted by atomic mass is 16.5. The molecule has 1 atom stereocenters. The summed E-state index contributed by atoms with van der Waals surface area (Å²) in [7, 11) is 0. The highest BCUT2D eigenvalue weighted by molar-refractivity contribution is 5.81. The molecule has 0 spiro atoms. The molecule has 1 amide bonds. The zero-order chi connectivity index (χ0) is 16.4. The van der Waals surface area contributed by atoms with Crippen molar-refractivity contribution >= 4 is 5.91 Å². The number of carbonyl (C=O) groups is 1. The number of nitrogens with zero attached hydrogens (tertiary/aromatic N) is 4. The summed E-state index contributed by atoms with van der Waals surface area (Å²) in [5.74, 6) is 1.26. The molecule has 0 saturated carbocycles. The highest BCUT2D eigenvalue weighted by Gasteiger charge is 2.30. The molecular weight excluding hydrogens is 308 g/mol. The van der Waals surface area contributed by atoms with E-state index in [1.165, 1.54) is 5.69 Å². The van der Waals surface area contributed by atoms with E-state index in [0.717, 1.165) is 84.2 Å². The van der Waals surface area contributed by atoms with Gasteiger partial charge in [0.15, 0.2) is 0 Å². The van der Waals surface area contributed by atoms with Crippen LogP contribution in [0, 0.1) is 0 Å². The standard InChI is InChI=1S/C17H26N4O3/c22-17(15-2-1-9-24-15)20-4-3-16-18-12-14(21(16)6-5-20)13-19-7-10-23-11-8-19/h12,15H,1-11,13H2/t15-/m0/s1. The summed E-state index contributed by atoms with van der Waals surface area (Å²) < 4.78 is 13.3. The lowest BCUT2D eigenvalue weighted by Gasteiger charge is -2.27. The molecule has 0 radical (unpaired) electrons. The second kappa shape index (κ2) is 7.21. The molecule has 1 aromatic heterocycles. The minimum absolute atomic E-state index is 0.160. The maximum atomic E-state index is 12.6. The maximum Gasteiger partial charge on any atom is 0.251 e. The minimum Gasteiger partial charge on any atom is -0.379 e. The number of amides is 1. The predicted octanol–water partition coefficient (Wildman–Crippen LogP) is 0.279. The van der Waals surface area contributed by atoms with Gasteiger partial charge < -0.3 is 18.9 Å². The molecule has 4 heterocycles. The van der Waals surface area contributed by atoms with Gasteiger partial charge in [0.05, 0.1) is 18.9 Å². The lowest BCUT2D eigenvalue weighted by molar-refractivity contribution is -0.140. The summed E-state index contributed by atoms with van der Waals surface area (Å²) in [5.41, 5.74) is 1.25. The van der Waals surface area contributed by atoms with Gasteiger partial charge in [0.1, 0.15) is 11.9 Å². The Bertz CT molecular complexity index is 576. The smallest absolute Gasteiger partial charge is 0.251 e. The predicted molar refractivity (Wildman–Crippen MR) is 87.6 cm³/mol. The summed E-state index contributed by atoms with van der Waals surface area (Å²) in [5, 5.41) is 0. The topological polar surface area (TPSA) is 59.8 Å². The van der Waals surface area contributed by atoms with Gasteiger partial charge in [0.25, 0.3) is 5.91 Å². The van der Waals surface area contributed by atoms with Gasteiger partial charge in [-0.15, -0.1) is 0 Å². The third-order valence-corrected chi connectivity index (χ3v) is 5.23. The molecule has 0 unspecified atom stereocenters. The van der Waals surface area contributed by atoms with E-state index in [4.69, 9.17) is 9.47 Å². The SMILES string of the molecule is O=C([C@@H]1CCCO1)N1CCc2ncc(CN3CCOCC3)n2CC1. The fourth-order valence-electron chi connectivity index (χ4n) is 3.80. The lowest BCUT2D eigenvalue weighted by atomic mass is 10.2. The maximum absolute atomic E-state index is 12.6. The Morgan fingerprint density at radius 1 is 1.17 bits per heavy atom. The molecule has 1 aromatic rings. The Morgan fingerprint density at radius 2 is 2.04 bits per heavy atom. The van der Waals surface area contributed by atoms with Crippen molar-refractivity contribution in [2.24, 2.45) is 0 Å². The van der Waals surface area contributed by atoms with E-state index in [0.29, 0.717) is 0 Å². The number of ether oxygens (including phenoxy) is 2. The zero-order valence-corrected chi connectivity index (χ0v) is 14.2. The average molecular weight is 334 g/mol. The van der Waals surface area contributed by atoms with E-state index in [2.05, 4.69) is 14.5 Å². The van der Waals surface area contributed by atoms with Crippen LogP contribution in [0.4, 0.5) is 0 Å². The van der Waals surface area contributed by atoms with Crippen LogP contribution >= 0.6 is 0 Å². The van der Waals surface area contributed by atoms with Gasteiger partial charge >= 0.3 is 0 Å². The Kier molecular flexibility index (Phi) is 4.82. The Hall–Kier alpha value is -1.44. The molecule has 3 aliphatic rings. The van der Waals surface area contributed by atoms with Crippen LogP contribution in [0.3, 0.4) is 0 Å². The number of morpholine rings is 1. The molecule has 0 bridgehead atoms. The molecule has 7 nitrogen and oxygen atoms in total. The van der Waals surface area contributed by atoms with Crippen molar-refractivity contribution in [1.82, 2.24) is 19.4 Å². The van der Waals surface area contributed by atoms with Gasteiger partial charge in [-0.2, -0.15) is 0 Å². The number of aromatic nitrogens is 2. The van der Waals surface area contributed by atoms with Gasteiger partial charge in [-0.3, -0.25) is 9.69 Å². The summed E-state index contributed by atoms with van der Waals surface area (Å²) in [6, 6.07) is 0. The molecule has 2 saturated heterocycles. The Morgan fingerprint density at radius 3 is 2.83 bits per heavy atom. The van der Waals surface area contributed by atoms with E-state index in [1.807, 2.05) is 11.1 Å². The van der Waals surface area contributed by atoms with Crippen molar-refractivity contribution in [1.29, 1.82) is 0 Å². The van der Waals surface area contributed by atoms with E-state index < -0.39 is 0 Å². The van der Waals surface area contributed by atoms with Gasteiger partial charge in [-0.05, 0) is 12.8 Å². The molecule has 0 aromatic carbocycles. The molecule has 3 aliphatic heterocycles. The van der Waals surface area contributed by atoms with E-state index >= 15 is 0 Å². The molecule has 0 aliphatic carbocycles. The van der Waals surface area contributed by atoms with Gasteiger partial charge in [-0.1, -0.05) is 0 Å². The number of fused-ring (bicyclic) bond motifs is 1. The molecular formula is C17H26N4O3. The van der Waals surface area contributed by atoms with E-state index in [1.54, 1.807) is 0 Å². The van der Waals surface area contributed by atoms with Crippen molar-refractivity contribution in [3.63, 3.8) is 0 Å². The van der Waals surface area contributed by atoms with Crippen molar-refractivity contribution in [2.45, 2.75) is 38.5 Å². The fraction of sp³-hybridized carbons (Fsp3) is 0.765. The third-order valence-electron chi connectivity index (χ3n) is 5.23. The van der Waals surface area contributed by atoms with E-state index in [-0.39, 0.29) is 12.0 Å². The van der Waals surface area contributed by atoms with Crippen molar-refractivity contribution in [3.05, 3.63) is 17.7 Å². The highest BCUT2D eigenvalue weighted by Crippen LogP contribution is 2.18. The minimum atomic E-state index is -0.219. The Balaban J connectivity index is 1.40. The van der Waals surface area contributed by atoms with Crippen LogP contribution in [0.2, 0.25) is 0 Å². The summed E-state index contributed by atoms with van der Waals surface area (Å²) in [6.07, 6.45) is 4.46. The first-order valence-corrected chi connectivity index (χ1v) is 9.05. The first kappa shape index (κ1) is 16.1. The number of hydrogen-bond donors (Lipinski definition) is 0. The summed E-state index contributed by atoms with van der Waals surface area (Å²) >= 11 is 0. The van der Waals surface area contributed by atoms with Crippen molar-refractivity contribution in [3.8, 4) is 0 Å². The number of rotatable bonds is 3. The van der Waals surface area contributed by atoms with Crippen molar-refractivity contribution < 1.29 is 14.3 Å². The lowest BCUT2D eigenvalue weighted by Crippen LogP contribution is -2.40. The number of carbonyl (C=O) groups excluding carboxylic acids is 1. The first-order chi connectivity index (χ1) is 11.8. The largest absolute Gasteiger partial charge is 0.379 e. The normalized spacial score (nSPS) is 25.5. The summed E-state index contributed by atoms with van der Waals surface area (Å²) in [4.78, 5) is 21.6. The summed E-state index contributed by atoms with van der Waals surface area (Å²) in [6.45, 7) is 7.52. The second-order valence-corrected chi connectivity index (χ2v) is 6.78. The number of imidazole rings is 1. The van der Waals surface area contributed by atoms with Crippen LogP contribution in [0.5, 0.6) is 0 Å². The molecule has 0 N–H and O–H groups in total. The quantitative estimate of drug-likeness (QED) is 0.795. The second-order valence-electron chi connectivity index (χ2n) is 6.78. The van der Waals surface area contributed by atoms with Crippen LogP contribution in [0.1, 0.15) is 24.4 Å². The van der Waals surface area contributed by atoms with Crippen LogP contribution in [0.15, 0.2) is 6.20 Å². The first-order valence-electron chi connectivity index (χ1n) is 9.05. The van der Waals surface area contributed by atoms with Crippen LogP contribution in [-0.2, 0) is 33.8 Å². The van der Waals surface area contributed by atoms with Crippen molar-refractivity contribution in [2.75, 3.05) is 46.0 Å². The molecule has 4 rings (SSSR count). The molecule has 132 valence electrons. The van der Waals surface area contributed by atoms with Crippen LogP contribution < -0.4 is 0 Å². The van der Waals surface area contributed by atoms with Crippen LogP contribution in [0.25, 0.3) is 0 Å². The van der Waals surface area contributed by atoms with Crippen LogP contribution in [-0.4, -0.2) is 77.4 Å². The van der Waals surface area contributed by atoms with E-state index in [9.17, 15) is 4.79 Å². The molecule has 7 heteroatoms. The Labute approximate surface area is 142 Å². The average Bonchev–Trinajstić information content (AvgIpc) is 3.22. The van der Waals surface area contributed by atoms with Gasteiger partial charge in [-0.25, -0.2) is 4.98 Å². The monoisotopic (exact) mass is 334 g/mol. The fourth-order valence-corrected chi connectivity index (χ4v) is 3.80. The zero-order valence-electron chi connectivity index (χ0n) is 14.2. The van der Waals surface area contributed by atoms with Gasteiger partial charge in [0.2, 0.25) is 0 Å². The van der Waals surface area contributed by atoms with Gasteiger partial charge in [0, 0.05) is 58.5 Å².